The molecule has 0 aliphatic heterocycles. The van der Waals surface area contributed by atoms with Crippen LogP contribution < -0.4 is 5.32 Å². The molecule has 0 spiro atoms. The van der Waals surface area contributed by atoms with Gasteiger partial charge in [-0.15, -0.1) is 0 Å². The van der Waals surface area contributed by atoms with Crippen LogP contribution in [0.2, 0.25) is 0 Å². The van der Waals surface area contributed by atoms with Gasteiger partial charge in [-0.25, -0.2) is 0 Å². The molecule has 2 rings (SSSR count). The van der Waals surface area contributed by atoms with Crippen molar-refractivity contribution >= 4 is 5.91 Å². The number of furan rings is 1. The van der Waals surface area contributed by atoms with Gasteiger partial charge < -0.3 is 9.73 Å². The van der Waals surface area contributed by atoms with Crippen molar-refractivity contribution in [2.24, 2.45) is 5.41 Å². The van der Waals surface area contributed by atoms with Crippen LogP contribution in [0, 0.1) is 16.7 Å². The molecule has 1 saturated carbocycles. The van der Waals surface area contributed by atoms with E-state index < -0.39 is 5.41 Å². The van der Waals surface area contributed by atoms with Gasteiger partial charge in [-0.3, -0.25) is 4.79 Å². The largest absolute Gasteiger partial charge is 0.472 e. The molecule has 15 heavy (non-hydrogen) atoms. The zero-order valence-corrected chi connectivity index (χ0v) is 8.32. The molecule has 1 N–H and O–H groups in total. The fourth-order valence-electron chi connectivity index (χ4n) is 1.66. The minimum Gasteiger partial charge on any atom is -0.472 e. The Morgan fingerprint density at radius 2 is 2.47 bits per heavy atom. The lowest BCUT2D eigenvalue weighted by molar-refractivity contribution is -0.131. The molecule has 0 aromatic carbocycles. The molecule has 4 heteroatoms. The first-order valence-electron chi connectivity index (χ1n) is 4.97. The molecule has 1 heterocycles. The third-order valence-corrected chi connectivity index (χ3v) is 2.89. The Morgan fingerprint density at radius 1 is 1.67 bits per heavy atom. The summed E-state index contributed by atoms with van der Waals surface area (Å²) in [5.74, 6) is -0.155. The van der Waals surface area contributed by atoms with E-state index in [1.807, 2.05) is 0 Å². The monoisotopic (exact) mass is 204 g/mol. The van der Waals surface area contributed by atoms with Crippen molar-refractivity contribution in [3.63, 3.8) is 0 Å². The molecule has 1 aliphatic carbocycles. The molecular formula is C11H12N2O2. The minimum atomic E-state index is -0.760. The van der Waals surface area contributed by atoms with E-state index in [9.17, 15) is 4.79 Å². The lowest BCUT2D eigenvalue weighted by Gasteiger charge is -2.33. The van der Waals surface area contributed by atoms with Crippen molar-refractivity contribution in [1.82, 2.24) is 5.32 Å². The van der Waals surface area contributed by atoms with Gasteiger partial charge >= 0.3 is 0 Å². The first-order valence-corrected chi connectivity index (χ1v) is 4.97. The fraction of sp³-hybridized carbons (Fsp3) is 0.455. The van der Waals surface area contributed by atoms with E-state index in [1.165, 1.54) is 0 Å². The average molecular weight is 204 g/mol. The lowest BCUT2D eigenvalue weighted by Crippen LogP contribution is -2.44. The molecule has 1 amide bonds. The molecule has 1 aromatic rings. The fourth-order valence-corrected chi connectivity index (χ4v) is 1.66. The summed E-state index contributed by atoms with van der Waals surface area (Å²) in [7, 11) is 0. The van der Waals surface area contributed by atoms with E-state index in [1.54, 1.807) is 18.6 Å². The predicted molar refractivity (Wildman–Crippen MR) is 52.5 cm³/mol. The highest BCUT2D eigenvalue weighted by atomic mass is 16.3. The van der Waals surface area contributed by atoms with Crippen molar-refractivity contribution in [3.05, 3.63) is 24.2 Å². The first kappa shape index (κ1) is 9.78. The Bertz CT molecular complexity index is 385. The maximum atomic E-state index is 11.7. The Kier molecular flexibility index (Phi) is 2.46. The van der Waals surface area contributed by atoms with Gasteiger partial charge in [-0.1, -0.05) is 0 Å². The van der Waals surface area contributed by atoms with E-state index in [0.717, 1.165) is 12.0 Å². The lowest BCUT2D eigenvalue weighted by atomic mass is 9.69. The van der Waals surface area contributed by atoms with Gasteiger partial charge in [0.25, 0.3) is 0 Å². The van der Waals surface area contributed by atoms with Crippen LogP contribution in [0.5, 0.6) is 0 Å². The molecule has 0 radical (unpaired) electrons. The van der Waals surface area contributed by atoms with Gasteiger partial charge in [0.2, 0.25) is 5.91 Å². The van der Waals surface area contributed by atoms with Crippen LogP contribution in [0.1, 0.15) is 24.8 Å². The quantitative estimate of drug-likeness (QED) is 0.813. The number of amides is 1. The van der Waals surface area contributed by atoms with Crippen LogP contribution in [0.4, 0.5) is 0 Å². The van der Waals surface area contributed by atoms with Crippen LogP contribution in [0.15, 0.2) is 23.0 Å². The number of rotatable bonds is 3. The van der Waals surface area contributed by atoms with Gasteiger partial charge in [0.05, 0.1) is 18.6 Å². The van der Waals surface area contributed by atoms with Gasteiger partial charge in [0.1, 0.15) is 5.41 Å². The van der Waals surface area contributed by atoms with Gasteiger partial charge in [0, 0.05) is 12.1 Å². The second kappa shape index (κ2) is 3.77. The summed E-state index contributed by atoms with van der Waals surface area (Å²) in [6.45, 7) is 0.429. The van der Waals surface area contributed by atoms with Crippen molar-refractivity contribution in [2.45, 2.75) is 25.8 Å². The summed E-state index contributed by atoms with van der Waals surface area (Å²) in [6, 6.07) is 3.90. The van der Waals surface area contributed by atoms with Crippen molar-refractivity contribution in [1.29, 1.82) is 5.26 Å². The number of nitrogens with one attached hydrogen (secondary N) is 1. The number of carbonyl (C=O) groups excluding carboxylic acids is 1. The predicted octanol–water partition coefficient (Wildman–Crippen LogP) is 1.59. The van der Waals surface area contributed by atoms with E-state index in [-0.39, 0.29) is 5.91 Å². The number of nitriles is 1. The normalized spacial score (nSPS) is 17.5. The Hall–Kier alpha value is -1.76. The molecule has 1 fully saturated rings. The molecule has 0 bridgehead atoms. The van der Waals surface area contributed by atoms with E-state index in [2.05, 4.69) is 11.4 Å². The molecular weight excluding hydrogens is 192 g/mol. The number of hydrogen-bond donors (Lipinski definition) is 1. The smallest absolute Gasteiger partial charge is 0.240 e. The minimum absolute atomic E-state index is 0.155. The second-order valence-corrected chi connectivity index (χ2v) is 3.86. The van der Waals surface area contributed by atoms with E-state index in [4.69, 9.17) is 9.68 Å². The summed E-state index contributed by atoms with van der Waals surface area (Å²) in [5, 5.41) is 11.7. The number of hydrogen-bond acceptors (Lipinski definition) is 3. The zero-order chi connectivity index (χ0) is 10.7. The Morgan fingerprint density at radius 3 is 2.93 bits per heavy atom. The van der Waals surface area contributed by atoms with Crippen LogP contribution in [-0.2, 0) is 11.3 Å². The Balaban J connectivity index is 1.90. The van der Waals surface area contributed by atoms with E-state index >= 15 is 0 Å². The average Bonchev–Trinajstić information content (AvgIpc) is 2.66. The zero-order valence-electron chi connectivity index (χ0n) is 8.32. The number of nitrogens with zero attached hydrogens (tertiary/aromatic N) is 1. The highest BCUT2D eigenvalue weighted by molar-refractivity contribution is 5.86. The SMILES string of the molecule is N#CC1(C(=O)NCc2ccoc2)CCC1. The summed E-state index contributed by atoms with van der Waals surface area (Å²) in [5.41, 5.74) is 0.153. The van der Waals surface area contributed by atoms with E-state index in [0.29, 0.717) is 19.4 Å². The number of carbonyl (C=O) groups is 1. The van der Waals surface area contributed by atoms with Crippen molar-refractivity contribution < 1.29 is 9.21 Å². The highest BCUT2D eigenvalue weighted by Crippen LogP contribution is 2.40. The third-order valence-electron chi connectivity index (χ3n) is 2.89. The highest BCUT2D eigenvalue weighted by Gasteiger charge is 2.44. The van der Waals surface area contributed by atoms with Gasteiger partial charge in [-0.05, 0) is 25.3 Å². The van der Waals surface area contributed by atoms with Gasteiger partial charge in [-0.2, -0.15) is 5.26 Å². The maximum Gasteiger partial charge on any atom is 0.240 e. The van der Waals surface area contributed by atoms with Gasteiger partial charge in [0.15, 0.2) is 0 Å². The Labute approximate surface area is 87.9 Å². The molecule has 78 valence electrons. The summed E-state index contributed by atoms with van der Waals surface area (Å²) < 4.78 is 4.88. The third kappa shape index (κ3) is 1.73. The summed E-state index contributed by atoms with van der Waals surface area (Å²) in [4.78, 5) is 11.7. The summed E-state index contributed by atoms with van der Waals surface area (Å²) >= 11 is 0. The van der Waals surface area contributed by atoms with Crippen molar-refractivity contribution in [2.75, 3.05) is 0 Å². The van der Waals surface area contributed by atoms with Crippen LogP contribution in [-0.4, -0.2) is 5.91 Å². The molecule has 1 aromatic heterocycles. The molecule has 0 atom stereocenters. The van der Waals surface area contributed by atoms with Crippen LogP contribution in [0.3, 0.4) is 0 Å². The summed E-state index contributed by atoms with van der Waals surface area (Å²) in [6.07, 6.45) is 5.47. The van der Waals surface area contributed by atoms with Crippen LogP contribution >= 0.6 is 0 Å². The standard InChI is InChI=1S/C11H12N2O2/c12-8-11(3-1-4-11)10(14)13-6-9-2-5-15-7-9/h2,5,7H,1,3-4,6H2,(H,13,14). The second-order valence-electron chi connectivity index (χ2n) is 3.86. The molecule has 0 saturated heterocycles. The maximum absolute atomic E-state index is 11.7. The topological polar surface area (TPSA) is 66.0 Å². The first-order chi connectivity index (χ1) is 7.27. The molecule has 0 unspecified atom stereocenters. The van der Waals surface area contributed by atoms with Crippen molar-refractivity contribution in [3.8, 4) is 6.07 Å². The molecule has 1 aliphatic rings. The molecule has 4 nitrogen and oxygen atoms in total. The van der Waals surface area contributed by atoms with Crippen LogP contribution in [0.25, 0.3) is 0 Å².